The minimum Gasteiger partial charge on any atom is -0.495 e. The second kappa shape index (κ2) is 7.78. The van der Waals surface area contributed by atoms with E-state index in [9.17, 15) is 9.59 Å². The molecule has 0 radical (unpaired) electrons. The zero-order chi connectivity index (χ0) is 20.4. The Hall–Kier alpha value is -3.62. The highest BCUT2D eigenvalue weighted by Gasteiger charge is 2.28. The molecule has 2 N–H and O–H groups in total. The largest absolute Gasteiger partial charge is 0.495 e. The molecular formula is C20H21N5O4. The molecule has 0 spiro atoms. The number of methoxy groups -OCH3 is 1. The number of para-hydroxylation sites is 2. The maximum absolute atomic E-state index is 13.0. The predicted octanol–water partition coefficient (Wildman–Crippen LogP) is 3.03. The molecule has 150 valence electrons. The van der Waals surface area contributed by atoms with Gasteiger partial charge in [-0.1, -0.05) is 17.3 Å². The van der Waals surface area contributed by atoms with E-state index in [1.807, 2.05) is 10.6 Å². The van der Waals surface area contributed by atoms with E-state index in [2.05, 4.69) is 20.8 Å². The predicted molar refractivity (Wildman–Crippen MR) is 105 cm³/mol. The Morgan fingerprint density at radius 2 is 2.00 bits per heavy atom. The van der Waals surface area contributed by atoms with E-state index < -0.39 is 5.91 Å². The van der Waals surface area contributed by atoms with Crippen LogP contribution in [0.2, 0.25) is 0 Å². The summed E-state index contributed by atoms with van der Waals surface area (Å²) in [6.07, 6.45) is 2.53. The van der Waals surface area contributed by atoms with Gasteiger partial charge in [-0.3, -0.25) is 9.59 Å². The maximum Gasteiger partial charge on any atom is 0.292 e. The van der Waals surface area contributed by atoms with E-state index in [0.717, 1.165) is 18.5 Å². The lowest BCUT2D eigenvalue weighted by molar-refractivity contribution is 0.101. The van der Waals surface area contributed by atoms with Gasteiger partial charge in [-0.15, -0.1) is 0 Å². The van der Waals surface area contributed by atoms with Crippen LogP contribution < -0.4 is 15.4 Å². The molecule has 3 heterocycles. The summed E-state index contributed by atoms with van der Waals surface area (Å²) in [5, 5.41) is 9.28. The van der Waals surface area contributed by atoms with Gasteiger partial charge < -0.3 is 24.5 Å². The third kappa shape index (κ3) is 3.71. The van der Waals surface area contributed by atoms with Crippen LogP contribution in [0.4, 0.5) is 11.5 Å². The highest BCUT2D eigenvalue weighted by molar-refractivity contribution is 6.07. The monoisotopic (exact) mass is 395 g/mol. The third-order valence-electron chi connectivity index (χ3n) is 4.76. The van der Waals surface area contributed by atoms with Crippen molar-refractivity contribution in [3.05, 3.63) is 53.3 Å². The number of aromatic nitrogens is 3. The van der Waals surface area contributed by atoms with Gasteiger partial charge in [0.05, 0.1) is 18.5 Å². The van der Waals surface area contributed by atoms with Crippen LogP contribution in [0.5, 0.6) is 5.75 Å². The highest BCUT2D eigenvalue weighted by atomic mass is 16.5. The summed E-state index contributed by atoms with van der Waals surface area (Å²) in [6, 6.07) is 8.75. The quantitative estimate of drug-likeness (QED) is 0.687. The average molecular weight is 395 g/mol. The minimum atomic E-state index is -0.433. The number of aryl methyl sites for hydroxylation is 1. The first-order valence-corrected chi connectivity index (χ1v) is 9.35. The van der Waals surface area contributed by atoms with Gasteiger partial charge in [0.15, 0.2) is 17.3 Å². The molecule has 0 saturated heterocycles. The summed E-state index contributed by atoms with van der Waals surface area (Å²) < 4.78 is 12.1. The number of ether oxygens (including phenoxy) is 1. The van der Waals surface area contributed by atoms with Gasteiger partial charge in [-0.25, -0.2) is 4.98 Å². The fourth-order valence-electron chi connectivity index (χ4n) is 3.43. The Balaban J connectivity index is 1.63. The van der Waals surface area contributed by atoms with Crippen LogP contribution >= 0.6 is 0 Å². The standard InChI is InChI=1S/C20H21N5O4/c1-12-11-16(24-29-12)22-20(27)18-23-17(14-8-5-6-10-25(14)18)19(26)21-13-7-3-4-9-15(13)28-2/h3-4,7,9,11H,5-6,8,10H2,1-2H3,(H,21,26)(H,22,24,27). The molecule has 0 atom stereocenters. The van der Waals surface area contributed by atoms with Gasteiger partial charge in [0, 0.05) is 12.6 Å². The number of amides is 2. The van der Waals surface area contributed by atoms with Crippen LogP contribution in [0.1, 0.15) is 45.4 Å². The van der Waals surface area contributed by atoms with Gasteiger partial charge in [0.25, 0.3) is 11.8 Å². The number of anilines is 2. The molecule has 0 bridgehead atoms. The van der Waals surface area contributed by atoms with Crippen LogP contribution in [0.25, 0.3) is 0 Å². The van der Waals surface area contributed by atoms with Crippen LogP contribution in [0.3, 0.4) is 0 Å². The van der Waals surface area contributed by atoms with Crippen molar-refractivity contribution in [3.63, 3.8) is 0 Å². The zero-order valence-corrected chi connectivity index (χ0v) is 16.2. The molecule has 9 heteroatoms. The average Bonchev–Trinajstić information content (AvgIpc) is 3.32. The molecule has 0 unspecified atom stereocenters. The first-order valence-electron chi connectivity index (χ1n) is 9.35. The number of hydrogen-bond acceptors (Lipinski definition) is 6. The first-order chi connectivity index (χ1) is 14.1. The number of imidazole rings is 1. The van der Waals surface area contributed by atoms with E-state index in [1.165, 1.54) is 7.11 Å². The highest BCUT2D eigenvalue weighted by Crippen LogP contribution is 2.26. The molecule has 1 aliphatic rings. The van der Waals surface area contributed by atoms with Crippen LogP contribution in [-0.2, 0) is 13.0 Å². The lowest BCUT2D eigenvalue weighted by Gasteiger charge is -2.17. The molecule has 3 aromatic rings. The van der Waals surface area contributed by atoms with Gasteiger partial charge in [-0.05, 0) is 38.3 Å². The number of rotatable bonds is 5. The van der Waals surface area contributed by atoms with Crippen LogP contribution in [0, 0.1) is 6.92 Å². The molecule has 29 heavy (non-hydrogen) atoms. The van der Waals surface area contributed by atoms with Crippen molar-refractivity contribution >= 4 is 23.3 Å². The number of fused-ring (bicyclic) bond motifs is 1. The van der Waals surface area contributed by atoms with Crippen LogP contribution in [0.15, 0.2) is 34.9 Å². The van der Waals surface area contributed by atoms with E-state index in [0.29, 0.717) is 36.0 Å². The molecule has 0 aliphatic carbocycles. The number of carbonyl (C=O) groups is 2. The smallest absolute Gasteiger partial charge is 0.292 e. The molecule has 9 nitrogen and oxygen atoms in total. The lowest BCUT2D eigenvalue weighted by atomic mass is 10.1. The van der Waals surface area contributed by atoms with Crippen molar-refractivity contribution in [1.82, 2.24) is 14.7 Å². The summed E-state index contributed by atoms with van der Waals surface area (Å²) in [7, 11) is 1.54. The Kier molecular flexibility index (Phi) is 5.03. The molecule has 1 aliphatic heterocycles. The van der Waals surface area contributed by atoms with Gasteiger partial charge >= 0.3 is 0 Å². The molecule has 1 aromatic carbocycles. The first kappa shape index (κ1) is 18.7. The van der Waals surface area contributed by atoms with Crippen molar-refractivity contribution in [3.8, 4) is 5.75 Å². The Bertz CT molecular complexity index is 1070. The zero-order valence-electron chi connectivity index (χ0n) is 16.2. The fourth-order valence-corrected chi connectivity index (χ4v) is 3.43. The van der Waals surface area contributed by atoms with E-state index >= 15 is 0 Å². The number of nitrogens with zero attached hydrogens (tertiary/aromatic N) is 3. The normalized spacial score (nSPS) is 12.9. The van der Waals surface area contributed by atoms with Gasteiger partial charge in [0.1, 0.15) is 11.5 Å². The Morgan fingerprint density at radius 3 is 2.76 bits per heavy atom. The van der Waals surface area contributed by atoms with Crippen molar-refractivity contribution in [2.45, 2.75) is 32.7 Å². The summed E-state index contributed by atoms with van der Waals surface area (Å²) in [5.41, 5.74) is 1.55. The minimum absolute atomic E-state index is 0.186. The number of hydrogen-bond donors (Lipinski definition) is 2. The molecule has 4 rings (SSSR count). The van der Waals surface area contributed by atoms with Crippen LogP contribution in [-0.4, -0.2) is 33.6 Å². The second-order valence-electron chi connectivity index (χ2n) is 6.77. The lowest BCUT2D eigenvalue weighted by Crippen LogP contribution is -2.21. The van der Waals surface area contributed by atoms with E-state index in [1.54, 1.807) is 31.2 Å². The second-order valence-corrected chi connectivity index (χ2v) is 6.77. The topological polar surface area (TPSA) is 111 Å². The maximum atomic E-state index is 13.0. The Morgan fingerprint density at radius 1 is 1.17 bits per heavy atom. The van der Waals surface area contributed by atoms with Gasteiger partial charge in [-0.2, -0.15) is 0 Å². The van der Waals surface area contributed by atoms with E-state index in [-0.39, 0.29) is 17.4 Å². The van der Waals surface area contributed by atoms with E-state index in [4.69, 9.17) is 9.26 Å². The SMILES string of the molecule is COc1ccccc1NC(=O)c1nc(C(=O)Nc2cc(C)on2)n2c1CCCC2. The third-order valence-corrected chi connectivity index (χ3v) is 4.76. The molecular weight excluding hydrogens is 374 g/mol. The molecule has 2 amide bonds. The summed E-state index contributed by atoms with van der Waals surface area (Å²) in [4.78, 5) is 30.1. The summed E-state index contributed by atoms with van der Waals surface area (Å²) in [5.74, 6) is 0.816. The van der Waals surface area contributed by atoms with Crippen molar-refractivity contribution in [1.29, 1.82) is 0 Å². The van der Waals surface area contributed by atoms with Crippen molar-refractivity contribution < 1.29 is 18.8 Å². The molecule has 0 fully saturated rings. The van der Waals surface area contributed by atoms with Crippen molar-refractivity contribution in [2.75, 3.05) is 17.7 Å². The number of benzene rings is 1. The number of carbonyl (C=O) groups excluding carboxylic acids is 2. The summed E-state index contributed by atoms with van der Waals surface area (Å²) in [6.45, 7) is 2.37. The Labute approximate surface area is 167 Å². The fraction of sp³-hybridized carbons (Fsp3) is 0.300. The molecule has 0 saturated carbocycles. The number of nitrogens with one attached hydrogen (secondary N) is 2. The summed E-state index contributed by atoms with van der Waals surface area (Å²) >= 11 is 0. The van der Waals surface area contributed by atoms with Gasteiger partial charge in [0.2, 0.25) is 0 Å². The molecule has 2 aromatic heterocycles. The van der Waals surface area contributed by atoms with Crippen molar-refractivity contribution in [2.24, 2.45) is 0 Å².